The van der Waals surface area contributed by atoms with Crippen LogP contribution in [-0.4, -0.2) is 28.6 Å². The second-order valence-electron chi connectivity index (χ2n) is 5.20. The molecule has 0 aliphatic carbocycles. The van der Waals surface area contributed by atoms with Crippen molar-refractivity contribution in [2.24, 2.45) is 10.7 Å². The van der Waals surface area contributed by atoms with E-state index in [1.807, 2.05) is 25.1 Å². The van der Waals surface area contributed by atoms with Crippen molar-refractivity contribution in [2.75, 3.05) is 13.1 Å². The van der Waals surface area contributed by atoms with E-state index in [2.05, 4.69) is 32.9 Å². The molecule has 0 radical (unpaired) electrons. The minimum atomic E-state index is 0. The summed E-state index contributed by atoms with van der Waals surface area (Å²) in [5.74, 6) is 1.60. The third-order valence-corrected chi connectivity index (χ3v) is 3.50. The number of halogens is 1. The zero-order valence-corrected chi connectivity index (χ0v) is 15.7. The van der Waals surface area contributed by atoms with Crippen LogP contribution >= 0.6 is 24.0 Å². The lowest BCUT2D eigenvalue weighted by atomic mass is 10.3. The zero-order chi connectivity index (χ0) is 15.1. The van der Waals surface area contributed by atoms with Crippen molar-refractivity contribution in [2.45, 2.75) is 39.7 Å². The van der Waals surface area contributed by atoms with Gasteiger partial charge >= 0.3 is 0 Å². The first-order valence-electron chi connectivity index (χ1n) is 7.68. The summed E-state index contributed by atoms with van der Waals surface area (Å²) < 4.78 is 2.24. The molecule has 0 saturated carbocycles. The van der Waals surface area contributed by atoms with Gasteiger partial charge < -0.3 is 15.6 Å². The summed E-state index contributed by atoms with van der Waals surface area (Å²) in [5, 5.41) is 3.13. The number of nitrogens with one attached hydrogen (secondary N) is 1. The fourth-order valence-electron chi connectivity index (χ4n) is 2.36. The molecule has 6 heteroatoms. The van der Waals surface area contributed by atoms with Gasteiger partial charge in [-0.15, -0.1) is 24.0 Å². The molecule has 1 aromatic heterocycles. The smallest absolute Gasteiger partial charge is 0.188 e. The van der Waals surface area contributed by atoms with E-state index in [0.29, 0.717) is 5.96 Å². The van der Waals surface area contributed by atoms with Gasteiger partial charge in [-0.25, -0.2) is 4.98 Å². The molecule has 0 atom stereocenters. The van der Waals surface area contributed by atoms with Gasteiger partial charge in [-0.1, -0.05) is 25.5 Å². The normalized spacial score (nSPS) is 11.5. The van der Waals surface area contributed by atoms with Gasteiger partial charge in [0.2, 0.25) is 0 Å². The third kappa shape index (κ3) is 5.15. The van der Waals surface area contributed by atoms with E-state index in [1.54, 1.807) is 0 Å². The number of aryl methyl sites for hydroxylation is 2. The second kappa shape index (κ2) is 9.66. The molecule has 0 aliphatic heterocycles. The van der Waals surface area contributed by atoms with Crippen molar-refractivity contribution in [3.8, 4) is 0 Å². The molecule has 3 N–H and O–H groups in total. The number of aromatic nitrogens is 2. The molecule has 0 saturated heterocycles. The zero-order valence-electron chi connectivity index (χ0n) is 13.4. The number of aliphatic imine (C=N–C) groups is 1. The molecule has 0 bridgehead atoms. The molecule has 0 spiro atoms. The number of guanidine groups is 1. The van der Waals surface area contributed by atoms with Gasteiger partial charge in [0.1, 0.15) is 5.82 Å². The van der Waals surface area contributed by atoms with E-state index in [0.717, 1.165) is 50.2 Å². The molecule has 0 fully saturated rings. The molecule has 2 rings (SSSR count). The molecule has 0 amide bonds. The Balaban J connectivity index is 0.00000242. The topological polar surface area (TPSA) is 68.2 Å². The van der Waals surface area contributed by atoms with E-state index in [9.17, 15) is 0 Å². The maximum Gasteiger partial charge on any atom is 0.188 e. The molecule has 1 heterocycles. The van der Waals surface area contributed by atoms with Crippen molar-refractivity contribution in [3.63, 3.8) is 0 Å². The van der Waals surface area contributed by atoms with Gasteiger partial charge in [-0.2, -0.15) is 0 Å². The van der Waals surface area contributed by atoms with Crippen LogP contribution in [0.2, 0.25) is 0 Å². The Labute approximate surface area is 149 Å². The molecule has 5 nitrogen and oxygen atoms in total. The minimum Gasteiger partial charge on any atom is -0.370 e. The highest BCUT2D eigenvalue weighted by Gasteiger charge is 2.05. The second-order valence-corrected chi connectivity index (χ2v) is 5.20. The molecule has 122 valence electrons. The fourth-order valence-corrected chi connectivity index (χ4v) is 2.36. The van der Waals surface area contributed by atoms with E-state index < -0.39 is 0 Å². The fraction of sp³-hybridized carbons (Fsp3) is 0.500. The van der Waals surface area contributed by atoms with E-state index in [4.69, 9.17) is 5.73 Å². The number of nitrogens with two attached hydrogens (primary N) is 1. The number of para-hydroxylation sites is 2. The summed E-state index contributed by atoms with van der Waals surface area (Å²) in [4.78, 5) is 8.92. The molecular formula is C16H26IN5. The SMILES string of the molecule is CCCCNC(N)=NCCCn1c(C)nc2ccccc21.I. The van der Waals surface area contributed by atoms with Gasteiger partial charge in [0.15, 0.2) is 5.96 Å². The number of unbranched alkanes of at least 4 members (excludes halogenated alkanes) is 1. The number of benzene rings is 1. The summed E-state index contributed by atoms with van der Waals surface area (Å²) in [5.41, 5.74) is 8.06. The van der Waals surface area contributed by atoms with Crippen LogP contribution in [-0.2, 0) is 6.54 Å². The molecule has 0 aliphatic rings. The van der Waals surface area contributed by atoms with E-state index >= 15 is 0 Å². The maximum atomic E-state index is 5.81. The predicted octanol–water partition coefficient (Wildman–Crippen LogP) is 3.06. The van der Waals surface area contributed by atoms with Gasteiger partial charge in [-0.3, -0.25) is 4.99 Å². The van der Waals surface area contributed by atoms with Crippen LogP contribution in [0.3, 0.4) is 0 Å². The van der Waals surface area contributed by atoms with Crippen molar-refractivity contribution in [1.29, 1.82) is 0 Å². The average Bonchev–Trinajstić information content (AvgIpc) is 2.80. The Kier molecular flexibility index (Phi) is 8.22. The lowest BCUT2D eigenvalue weighted by molar-refractivity contribution is 0.647. The Bertz CT molecular complexity index is 606. The lowest BCUT2D eigenvalue weighted by Gasteiger charge is -2.07. The largest absolute Gasteiger partial charge is 0.370 e. The van der Waals surface area contributed by atoms with Gasteiger partial charge in [0.25, 0.3) is 0 Å². The third-order valence-electron chi connectivity index (χ3n) is 3.50. The van der Waals surface area contributed by atoms with Crippen LogP contribution in [0.1, 0.15) is 32.0 Å². The van der Waals surface area contributed by atoms with Crippen molar-refractivity contribution >= 4 is 41.0 Å². The van der Waals surface area contributed by atoms with Crippen LogP contribution in [0.15, 0.2) is 29.3 Å². The Hall–Kier alpha value is -1.31. The highest BCUT2D eigenvalue weighted by Crippen LogP contribution is 2.15. The molecule has 1 aromatic carbocycles. The van der Waals surface area contributed by atoms with Gasteiger partial charge in [-0.05, 0) is 31.9 Å². The average molecular weight is 415 g/mol. The van der Waals surface area contributed by atoms with Crippen molar-refractivity contribution in [3.05, 3.63) is 30.1 Å². The van der Waals surface area contributed by atoms with Crippen LogP contribution in [0.25, 0.3) is 11.0 Å². The number of fused-ring (bicyclic) bond motifs is 1. The number of imidazole rings is 1. The van der Waals surface area contributed by atoms with E-state index in [-0.39, 0.29) is 24.0 Å². The monoisotopic (exact) mass is 415 g/mol. The Morgan fingerprint density at radius 1 is 1.32 bits per heavy atom. The predicted molar refractivity (Wildman–Crippen MR) is 104 cm³/mol. The van der Waals surface area contributed by atoms with Crippen LogP contribution in [0, 0.1) is 6.92 Å². The summed E-state index contributed by atoms with van der Waals surface area (Å²) >= 11 is 0. The number of hydrogen-bond acceptors (Lipinski definition) is 2. The summed E-state index contributed by atoms with van der Waals surface area (Å²) in [6.07, 6.45) is 3.24. The molecule has 22 heavy (non-hydrogen) atoms. The minimum absolute atomic E-state index is 0. The number of hydrogen-bond donors (Lipinski definition) is 2. The highest BCUT2D eigenvalue weighted by atomic mass is 127. The van der Waals surface area contributed by atoms with Crippen molar-refractivity contribution in [1.82, 2.24) is 14.9 Å². The first kappa shape index (κ1) is 18.7. The molecule has 2 aromatic rings. The lowest BCUT2D eigenvalue weighted by Crippen LogP contribution is -2.32. The first-order chi connectivity index (χ1) is 10.2. The quantitative estimate of drug-likeness (QED) is 0.316. The Morgan fingerprint density at radius 3 is 2.86 bits per heavy atom. The van der Waals surface area contributed by atoms with Crippen LogP contribution in [0.4, 0.5) is 0 Å². The van der Waals surface area contributed by atoms with Crippen LogP contribution in [0.5, 0.6) is 0 Å². The molecule has 0 unspecified atom stereocenters. The maximum absolute atomic E-state index is 5.81. The summed E-state index contributed by atoms with van der Waals surface area (Å²) in [7, 11) is 0. The summed E-state index contributed by atoms with van der Waals surface area (Å²) in [6.45, 7) is 6.75. The van der Waals surface area contributed by atoms with Crippen LogP contribution < -0.4 is 11.1 Å². The number of nitrogens with zero attached hydrogens (tertiary/aromatic N) is 3. The first-order valence-corrected chi connectivity index (χ1v) is 7.68. The molecular weight excluding hydrogens is 389 g/mol. The van der Waals surface area contributed by atoms with E-state index in [1.165, 1.54) is 5.52 Å². The standard InChI is InChI=1S/C16H25N5.HI/c1-3-4-10-18-16(17)19-11-7-12-21-13(2)20-14-8-5-6-9-15(14)21;/h5-6,8-9H,3-4,7,10-12H2,1-2H3,(H3,17,18,19);1H. The van der Waals surface area contributed by atoms with Gasteiger partial charge in [0.05, 0.1) is 11.0 Å². The van der Waals surface area contributed by atoms with Gasteiger partial charge in [0, 0.05) is 19.6 Å². The Morgan fingerprint density at radius 2 is 2.09 bits per heavy atom. The van der Waals surface area contributed by atoms with Crippen molar-refractivity contribution < 1.29 is 0 Å². The number of rotatable bonds is 7. The highest BCUT2D eigenvalue weighted by molar-refractivity contribution is 14.0. The summed E-state index contributed by atoms with van der Waals surface area (Å²) in [6, 6.07) is 8.23.